The molecule has 1 unspecified atom stereocenters. The second-order valence-electron chi connectivity index (χ2n) is 4.40. The zero-order valence-electron chi connectivity index (χ0n) is 10.1. The van der Waals surface area contributed by atoms with Gasteiger partial charge in [-0.3, -0.25) is 4.90 Å². The third kappa shape index (κ3) is 3.01. The van der Waals surface area contributed by atoms with Gasteiger partial charge in [0.2, 0.25) is 0 Å². The molecular formula is C12H19ClN4. The second-order valence-corrected chi connectivity index (χ2v) is 4.83. The summed E-state index contributed by atoms with van der Waals surface area (Å²) in [6, 6.07) is 2.32. The van der Waals surface area contributed by atoms with Gasteiger partial charge in [0.1, 0.15) is 5.82 Å². The maximum atomic E-state index is 5.85. The minimum absolute atomic E-state index is 0.573. The van der Waals surface area contributed by atoms with E-state index >= 15 is 0 Å². The normalized spacial score (nSPS) is 20.7. The Kier molecular flexibility index (Phi) is 4.07. The SMILES string of the molecule is CCN1CCCC1CNc1ncc(Cl)cc1N. The van der Waals surface area contributed by atoms with Crippen molar-refractivity contribution in [3.05, 3.63) is 17.3 Å². The first kappa shape index (κ1) is 12.5. The Hall–Kier alpha value is -1.00. The summed E-state index contributed by atoms with van der Waals surface area (Å²) in [7, 11) is 0. The summed E-state index contributed by atoms with van der Waals surface area (Å²) in [5, 5.41) is 3.88. The predicted octanol–water partition coefficient (Wildman–Crippen LogP) is 2.21. The van der Waals surface area contributed by atoms with Gasteiger partial charge in [-0.2, -0.15) is 0 Å². The lowest BCUT2D eigenvalue weighted by atomic mass is 10.2. The number of likely N-dealkylation sites (N-methyl/N-ethyl adjacent to an activating group) is 1. The lowest BCUT2D eigenvalue weighted by Gasteiger charge is -2.23. The van der Waals surface area contributed by atoms with Crippen molar-refractivity contribution in [1.29, 1.82) is 0 Å². The van der Waals surface area contributed by atoms with Crippen LogP contribution < -0.4 is 11.1 Å². The first-order valence-electron chi connectivity index (χ1n) is 6.09. The molecule has 0 bridgehead atoms. The van der Waals surface area contributed by atoms with Crippen molar-refractivity contribution in [2.24, 2.45) is 0 Å². The second kappa shape index (κ2) is 5.56. The van der Waals surface area contributed by atoms with E-state index in [1.165, 1.54) is 19.4 Å². The molecule has 0 aliphatic carbocycles. The largest absolute Gasteiger partial charge is 0.396 e. The number of pyridine rings is 1. The van der Waals surface area contributed by atoms with E-state index in [2.05, 4.69) is 22.1 Å². The quantitative estimate of drug-likeness (QED) is 0.865. The molecule has 1 aliphatic rings. The number of nitrogens with one attached hydrogen (secondary N) is 1. The van der Waals surface area contributed by atoms with Gasteiger partial charge < -0.3 is 11.1 Å². The highest BCUT2D eigenvalue weighted by atomic mass is 35.5. The van der Waals surface area contributed by atoms with Crippen molar-refractivity contribution in [2.45, 2.75) is 25.8 Å². The highest BCUT2D eigenvalue weighted by Crippen LogP contribution is 2.21. The maximum Gasteiger partial charge on any atom is 0.149 e. The molecule has 1 atom stereocenters. The molecule has 2 heterocycles. The van der Waals surface area contributed by atoms with E-state index in [1.807, 2.05) is 0 Å². The summed E-state index contributed by atoms with van der Waals surface area (Å²) < 4.78 is 0. The van der Waals surface area contributed by atoms with Crippen molar-refractivity contribution in [3.8, 4) is 0 Å². The smallest absolute Gasteiger partial charge is 0.149 e. The Morgan fingerprint density at radius 1 is 1.65 bits per heavy atom. The Morgan fingerprint density at radius 3 is 3.18 bits per heavy atom. The zero-order valence-corrected chi connectivity index (χ0v) is 10.9. The highest BCUT2D eigenvalue weighted by molar-refractivity contribution is 6.30. The summed E-state index contributed by atoms with van der Waals surface area (Å²) >= 11 is 5.81. The van der Waals surface area contributed by atoms with Crippen LogP contribution in [0.25, 0.3) is 0 Å². The molecule has 1 fully saturated rings. The van der Waals surface area contributed by atoms with Crippen LogP contribution in [0.5, 0.6) is 0 Å². The van der Waals surface area contributed by atoms with Crippen LogP contribution >= 0.6 is 11.6 Å². The van der Waals surface area contributed by atoms with Crippen LogP contribution in [0.3, 0.4) is 0 Å². The van der Waals surface area contributed by atoms with Gasteiger partial charge in [0.05, 0.1) is 10.7 Å². The van der Waals surface area contributed by atoms with Crippen molar-refractivity contribution >= 4 is 23.1 Å². The molecule has 1 saturated heterocycles. The molecule has 0 aromatic carbocycles. The van der Waals surface area contributed by atoms with E-state index in [1.54, 1.807) is 12.3 Å². The molecule has 1 aliphatic heterocycles. The minimum atomic E-state index is 0.573. The summed E-state index contributed by atoms with van der Waals surface area (Å²) in [6.07, 6.45) is 4.14. The van der Waals surface area contributed by atoms with Gasteiger partial charge >= 0.3 is 0 Å². The van der Waals surface area contributed by atoms with Crippen molar-refractivity contribution < 1.29 is 0 Å². The van der Waals surface area contributed by atoms with Crippen LogP contribution in [0.4, 0.5) is 11.5 Å². The van der Waals surface area contributed by atoms with Crippen LogP contribution in [-0.4, -0.2) is 35.6 Å². The van der Waals surface area contributed by atoms with E-state index in [4.69, 9.17) is 17.3 Å². The molecule has 3 N–H and O–H groups in total. The van der Waals surface area contributed by atoms with Gasteiger partial charge in [0, 0.05) is 18.8 Å². The number of hydrogen-bond donors (Lipinski definition) is 2. The molecule has 94 valence electrons. The molecule has 1 aromatic heterocycles. The number of nitrogens with zero attached hydrogens (tertiary/aromatic N) is 2. The van der Waals surface area contributed by atoms with Crippen molar-refractivity contribution in [3.63, 3.8) is 0 Å². The lowest BCUT2D eigenvalue weighted by molar-refractivity contribution is 0.277. The fourth-order valence-corrected chi connectivity index (χ4v) is 2.53. The Balaban J connectivity index is 1.93. The van der Waals surface area contributed by atoms with Crippen LogP contribution in [0.1, 0.15) is 19.8 Å². The maximum absolute atomic E-state index is 5.85. The van der Waals surface area contributed by atoms with Gasteiger partial charge in [-0.15, -0.1) is 0 Å². The fourth-order valence-electron chi connectivity index (χ4n) is 2.36. The molecule has 2 rings (SSSR count). The standard InChI is InChI=1S/C12H19ClN4/c1-2-17-5-3-4-10(17)8-16-12-11(14)6-9(13)7-15-12/h6-7,10H,2-5,8,14H2,1H3,(H,15,16). The Morgan fingerprint density at radius 2 is 2.47 bits per heavy atom. The topological polar surface area (TPSA) is 54.2 Å². The number of anilines is 2. The van der Waals surface area contributed by atoms with E-state index in [0.717, 1.165) is 18.9 Å². The van der Waals surface area contributed by atoms with Crippen molar-refractivity contribution in [1.82, 2.24) is 9.88 Å². The summed E-state index contributed by atoms with van der Waals surface area (Å²) in [5.74, 6) is 0.734. The molecule has 5 heteroatoms. The van der Waals surface area contributed by atoms with Gasteiger partial charge in [0.15, 0.2) is 0 Å². The van der Waals surface area contributed by atoms with Crippen molar-refractivity contribution in [2.75, 3.05) is 30.7 Å². The Bertz CT molecular complexity index is 383. The number of hydrogen-bond acceptors (Lipinski definition) is 4. The molecule has 0 spiro atoms. The number of aromatic nitrogens is 1. The van der Waals surface area contributed by atoms with Gasteiger partial charge in [0.25, 0.3) is 0 Å². The van der Waals surface area contributed by atoms with E-state index < -0.39 is 0 Å². The molecule has 0 radical (unpaired) electrons. The third-order valence-corrected chi connectivity index (χ3v) is 3.50. The predicted molar refractivity (Wildman–Crippen MR) is 72.4 cm³/mol. The Labute approximate surface area is 107 Å². The van der Waals surface area contributed by atoms with Gasteiger partial charge in [-0.1, -0.05) is 18.5 Å². The van der Waals surface area contributed by atoms with Crippen LogP contribution in [0, 0.1) is 0 Å². The molecule has 0 saturated carbocycles. The number of nitrogens with two attached hydrogens (primary N) is 1. The number of rotatable bonds is 4. The molecular weight excluding hydrogens is 236 g/mol. The van der Waals surface area contributed by atoms with Crippen LogP contribution in [-0.2, 0) is 0 Å². The monoisotopic (exact) mass is 254 g/mol. The van der Waals surface area contributed by atoms with Crippen LogP contribution in [0.15, 0.2) is 12.3 Å². The summed E-state index contributed by atoms with van der Waals surface area (Å²) in [4.78, 5) is 6.69. The number of likely N-dealkylation sites (tertiary alicyclic amines) is 1. The molecule has 0 amide bonds. The van der Waals surface area contributed by atoms with E-state index in [-0.39, 0.29) is 0 Å². The first-order valence-corrected chi connectivity index (χ1v) is 6.47. The lowest BCUT2D eigenvalue weighted by Crippen LogP contribution is -2.34. The van der Waals surface area contributed by atoms with E-state index in [9.17, 15) is 0 Å². The average Bonchev–Trinajstić information content (AvgIpc) is 2.75. The molecule has 4 nitrogen and oxygen atoms in total. The summed E-state index contributed by atoms with van der Waals surface area (Å²) in [5.41, 5.74) is 6.46. The fraction of sp³-hybridized carbons (Fsp3) is 0.583. The van der Waals surface area contributed by atoms with E-state index in [0.29, 0.717) is 16.8 Å². The van der Waals surface area contributed by atoms with Gasteiger partial charge in [-0.05, 0) is 32.0 Å². The number of nitrogen functional groups attached to an aromatic ring is 1. The van der Waals surface area contributed by atoms with Crippen LogP contribution in [0.2, 0.25) is 5.02 Å². The minimum Gasteiger partial charge on any atom is -0.396 e. The zero-order chi connectivity index (χ0) is 12.3. The van der Waals surface area contributed by atoms with Gasteiger partial charge in [-0.25, -0.2) is 4.98 Å². The number of halogens is 1. The first-order chi connectivity index (χ1) is 8.20. The summed E-state index contributed by atoms with van der Waals surface area (Å²) in [6.45, 7) is 5.40. The molecule has 1 aromatic rings. The third-order valence-electron chi connectivity index (χ3n) is 3.29. The molecule has 17 heavy (non-hydrogen) atoms. The average molecular weight is 255 g/mol. The highest BCUT2D eigenvalue weighted by Gasteiger charge is 2.22.